The van der Waals surface area contributed by atoms with E-state index in [1.165, 1.54) is 0 Å². The van der Waals surface area contributed by atoms with Gasteiger partial charge in [-0.15, -0.1) is 0 Å². The molecule has 1 atom stereocenters. The van der Waals surface area contributed by atoms with Crippen LogP contribution in [0.1, 0.15) is 24.6 Å². The third kappa shape index (κ3) is 3.33. The van der Waals surface area contributed by atoms with Gasteiger partial charge in [-0.2, -0.15) is 10.4 Å². The summed E-state index contributed by atoms with van der Waals surface area (Å²) in [4.78, 5) is 7.74. The molecule has 4 aromatic rings. The Morgan fingerprint density at radius 2 is 2.09 bits per heavy atom. The number of nitrogens with one attached hydrogen (secondary N) is 3. The number of benzene rings is 2. The minimum atomic E-state index is -0.417. The molecule has 7 nitrogen and oxygen atoms in total. The van der Waals surface area contributed by atoms with Crippen LogP contribution in [-0.4, -0.2) is 37.9 Å². The van der Waals surface area contributed by atoms with E-state index in [0.29, 0.717) is 41.9 Å². The molecule has 2 aromatic carbocycles. The van der Waals surface area contributed by atoms with E-state index in [1.54, 1.807) is 30.5 Å². The fourth-order valence-electron chi connectivity index (χ4n) is 4.20. The zero-order valence-corrected chi connectivity index (χ0v) is 17.4. The first-order chi connectivity index (χ1) is 15.6. The van der Waals surface area contributed by atoms with E-state index in [4.69, 9.17) is 5.26 Å². The first kappa shape index (κ1) is 20.0. The summed E-state index contributed by atoms with van der Waals surface area (Å²) in [6, 6.07) is 10.7. The summed E-state index contributed by atoms with van der Waals surface area (Å²) in [5.74, 6) is 0.312. The lowest BCUT2D eigenvalue weighted by atomic mass is 9.96. The fraction of sp³-hybridized carbons (Fsp3) is 0.208. The summed E-state index contributed by atoms with van der Waals surface area (Å²) in [7, 11) is 0. The van der Waals surface area contributed by atoms with Crippen LogP contribution >= 0.6 is 0 Å². The van der Waals surface area contributed by atoms with Gasteiger partial charge in [-0.1, -0.05) is 25.1 Å². The number of fused-ring (bicyclic) bond motifs is 1. The Bertz CT molecular complexity index is 1390. The Morgan fingerprint density at radius 3 is 2.91 bits per heavy atom. The number of aromatic hydroxyl groups is 1. The highest BCUT2D eigenvalue weighted by Crippen LogP contribution is 2.35. The summed E-state index contributed by atoms with van der Waals surface area (Å²) in [5.41, 5.74) is 4.79. The molecule has 8 heteroatoms. The van der Waals surface area contributed by atoms with Crippen molar-refractivity contribution in [2.24, 2.45) is 0 Å². The number of halogens is 1. The molecule has 0 saturated heterocycles. The number of imidazole rings is 1. The van der Waals surface area contributed by atoms with Crippen LogP contribution < -0.4 is 5.32 Å². The van der Waals surface area contributed by atoms with E-state index in [-0.39, 0.29) is 17.3 Å². The van der Waals surface area contributed by atoms with Gasteiger partial charge in [0.2, 0.25) is 0 Å². The van der Waals surface area contributed by atoms with Crippen molar-refractivity contribution in [1.29, 1.82) is 5.26 Å². The van der Waals surface area contributed by atoms with Crippen molar-refractivity contribution in [3.05, 3.63) is 59.7 Å². The lowest BCUT2D eigenvalue weighted by molar-refractivity contribution is 0.474. The summed E-state index contributed by atoms with van der Waals surface area (Å²) in [6.45, 7) is 2.62. The van der Waals surface area contributed by atoms with Gasteiger partial charge in [0.05, 0.1) is 24.4 Å². The molecule has 4 N–H and O–H groups in total. The molecule has 5 rings (SSSR count). The number of phenols is 1. The molecule has 2 aromatic heterocycles. The van der Waals surface area contributed by atoms with E-state index in [0.717, 1.165) is 22.4 Å². The SMILES string of the molecule is CCc1cc(O)ccc1-c1ccc2c(-c3ncc(C4=C[C@@H](CC#N)NC4)[nH]3)[nH]nc2c1F. The second kappa shape index (κ2) is 7.94. The zero-order chi connectivity index (χ0) is 22.2. The number of hydrogen-bond acceptors (Lipinski definition) is 5. The van der Waals surface area contributed by atoms with E-state index < -0.39 is 5.82 Å². The molecule has 0 fully saturated rings. The van der Waals surface area contributed by atoms with Gasteiger partial charge in [0.25, 0.3) is 0 Å². The van der Waals surface area contributed by atoms with Crippen LogP contribution in [0.3, 0.4) is 0 Å². The molecule has 0 unspecified atom stereocenters. The Labute approximate surface area is 183 Å². The average Bonchev–Trinajstić information content (AvgIpc) is 3.53. The maximum atomic E-state index is 15.4. The van der Waals surface area contributed by atoms with Crippen LogP contribution in [0.4, 0.5) is 4.39 Å². The lowest BCUT2D eigenvalue weighted by Gasteiger charge is -2.10. The largest absolute Gasteiger partial charge is 0.508 e. The third-order valence-corrected chi connectivity index (χ3v) is 5.85. The Kier molecular flexibility index (Phi) is 4.96. The lowest BCUT2D eigenvalue weighted by Crippen LogP contribution is -2.21. The second-order valence-corrected chi connectivity index (χ2v) is 7.80. The number of aromatic amines is 2. The summed E-state index contributed by atoms with van der Waals surface area (Å²) >= 11 is 0. The van der Waals surface area contributed by atoms with Crippen molar-refractivity contribution >= 4 is 16.5 Å². The van der Waals surface area contributed by atoms with Crippen molar-refractivity contribution in [2.75, 3.05) is 6.54 Å². The quantitative estimate of drug-likeness (QED) is 0.379. The van der Waals surface area contributed by atoms with Gasteiger partial charge in [-0.25, -0.2) is 9.37 Å². The van der Waals surface area contributed by atoms with Gasteiger partial charge in [-0.05, 0) is 41.3 Å². The fourth-order valence-corrected chi connectivity index (χ4v) is 4.20. The van der Waals surface area contributed by atoms with Crippen LogP contribution in [-0.2, 0) is 6.42 Å². The molecular formula is C24H21FN6O. The summed E-state index contributed by atoms with van der Waals surface area (Å²) < 4.78 is 15.4. The number of hydrogen-bond donors (Lipinski definition) is 4. The molecule has 0 saturated carbocycles. The first-order valence-electron chi connectivity index (χ1n) is 10.4. The third-order valence-electron chi connectivity index (χ3n) is 5.85. The molecule has 3 heterocycles. The van der Waals surface area contributed by atoms with E-state index >= 15 is 4.39 Å². The number of nitrogens with zero attached hydrogens (tertiary/aromatic N) is 3. The van der Waals surface area contributed by atoms with Gasteiger partial charge in [0, 0.05) is 23.5 Å². The van der Waals surface area contributed by atoms with Gasteiger partial charge < -0.3 is 15.4 Å². The second-order valence-electron chi connectivity index (χ2n) is 7.80. The molecule has 32 heavy (non-hydrogen) atoms. The molecule has 1 aliphatic heterocycles. The number of rotatable bonds is 5. The topological polar surface area (TPSA) is 113 Å². The van der Waals surface area contributed by atoms with Crippen molar-refractivity contribution in [1.82, 2.24) is 25.5 Å². The average molecular weight is 428 g/mol. The maximum Gasteiger partial charge on any atom is 0.159 e. The minimum absolute atomic E-state index is 0.0372. The predicted octanol–water partition coefficient (Wildman–Crippen LogP) is 4.30. The smallest absolute Gasteiger partial charge is 0.159 e. The number of aromatic nitrogens is 4. The van der Waals surface area contributed by atoms with Gasteiger partial charge in [0.1, 0.15) is 17.0 Å². The molecule has 0 spiro atoms. The van der Waals surface area contributed by atoms with E-state index in [1.807, 2.05) is 19.1 Å². The van der Waals surface area contributed by atoms with E-state index in [2.05, 4.69) is 31.6 Å². The number of H-pyrrole nitrogens is 2. The van der Waals surface area contributed by atoms with Gasteiger partial charge in [0.15, 0.2) is 11.6 Å². The van der Waals surface area contributed by atoms with Gasteiger partial charge >= 0.3 is 0 Å². The molecule has 160 valence electrons. The van der Waals surface area contributed by atoms with Crippen molar-refractivity contribution in [2.45, 2.75) is 25.8 Å². The zero-order valence-electron chi connectivity index (χ0n) is 17.4. The van der Waals surface area contributed by atoms with Crippen LogP contribution in [0, 0.1) is 17.1 Å². The molecule has 0 amide bonds. The summed E-state index contributed by atoms with van der Waals surface area (Å²) in [6.07, 6.45) is 4.85. The predicted molar refractivity (Wildman–Crippen MR) is 120 cm³/mol. The van der Waals surface area contributed by atoms with Gasteiger partial charge in [-0.3, -0.25) is 5.10 Å². The van der Waals surface area contributed by atoms with E-state index in [9.17, 15) is 5.11 Å². The molecular weight excluding hydrogens is 407 g/mol. The van der Waals surface area contributed by atoms with Crippen molar-refractivity contribution < 1.29 is 9.50 Å². The molecule has 0 bridgehead atoms. The monoisotopic (exact) mass is 428 g/mol. The number of nitriles is 1. The van der Waals surface area contributed by atoms with Crippen molar-refractivity contribution in [3.8, 4) is 34.5 Å². The normalized spacial score (nSPS) is 15.8. The van der Waals surface area contributed by atoms with Crippen LogP contribution in [0.2, 0.25) is 0 Å². The van der Waals surface area contributed by atoms with Crippen LogP contribution in [0.15, 0.2) is 42.6 Å². The molecule has 0 radical (unpaired) electrons. The van der Waals surface area contributed by atoms with Crippen molar-refractivity contribution in [3.63, 3.8) is 0 Å². The maximum absolute atomic E-state index is 15.4. The Hall–Kier alpha value is -3.96. The standard InChI is InChI=1S/C24H21FN6O/c1-2-13-10-16(32)3-4-17(13)18-5-6-19-22(21(18)25)30-31-23(19)24-28-12-20(29-24)14-9-15(7-8-26)27-11-14/h3-6,9-10,12,15,27,32H,2,7,11H2,1H3,(H,28,29)(H,30,31)/t15-/m1/s1. The molecule has 0 aliphatic carbocycles. The van der Waals surface area contributed by atoms with Crippen LogP contribution in [0.5, 0.6) is 5.75 Å². The Morgan fingerprint density at radius 1 is 1.25 bits per heavy atom. The first-order valence-corrected chi connectivity index (χ1v) is 10.4. The Balaban J connectivity index is 1.52. The highest BCUT2D eigenvalue weighted by atomic mass is 19.1. The number of phenolic OH excluding ortho intramolecular Hbond substituents is 1. The summed E-state index contributed by atoms with van der Waals surface area (Å²) in [5, 5.41) is 29.7. The number of aryl methyl sites for hydroxylation is 1. The highest BCUT2D eigenvalue weighted by molar-refractivity contribution is 5.95. The highest BCUT2D eigenvalue weighted by Gasteiger charge is 2.21. The molecule has 1 aliphatic rings. The minimum Gasteiger partial charge on any atom is -0.508 e. The van der Waals surface area contributed by atoms with Crippen LogP contribution in [0.25, 0.3) is 39.1 Å².